The number of ether oxygens (including phenoxy) is 3. The van der Waals surface area contributed by atoms with Crippen molar-refractivity contribution >= 4 is 56.0 Å². The predicted molar refractivity (Wildman–Crippen MR) is 358 cm³/mol. The van der Waals surface area contributed by atoms with Crippen molar-refractivity contribution in [2.75, 3.05) is 89.7 Å². The van der Waals surface area contributed by atoms with Gasteiger partial charge in [0.1, 0.15) is 24.0 Å². The van der Waals surface area contributed by atoms with Gasteiger partial charge in [0, 0.05) is 88.7 Å². The highest BCUT2D eigenvalue weighted by atomic mass is 19.1. The van der Waals surface area contributed by atoms with Crippen LogP contribution in [0.3, 0.4) is 0 Å². The Morgan fingerprint density at radius 3 is 2.49 bits per heavy atom. The van der Waals surface area contributed by atoms with E-state index in [-0.39, 0.29) is 32.0 Å². The SMILES string of the molecule is C.C=C(C)c1cc(-c2ncc3c(N4CCCOCC4)nc(OC[C@]45CCCN4[C@H](COC)CC5)nc3c2C)c2c(CC)c(F)ccc2c1.C=C1C(=O)N(C)c2cc(C3CCN(CC4CCCC(C)CC4)CC3)ccc21.C=C=C(N)CCC(C)C(=O)CC.[HH]. The summed E-state index contributed by atoms with van der Waals surface area (Å²) in [5.74, 6) is 3.54. The molecule has 2 aromatic heterocycles. The molecule has 1 saturated carbocycles. The van der Waals surface area contributed by atoms with E-state index in [1.165, 1.54) is 70.1 Å². The molecule has 7 heterocycles. The van der Waals surface area contributed by atoms with Crippen LogP contribution in [0.4, 0.5) is 15.9 Å². The number of piperidine rings is 1. The van der Waals surface area contributed by atoms with Gasteiger partial charge in [-0.15, -0.1) is 5.73 Å². The van der Waals surface area contributed by atoms with Crippen molar-refractivity contribution in [1.82, 2.24) is 24.8 Å². The first-order valence-corrected chi connectivity index (χ1v) is 32.3. The summed E-state index contributed by atoms with van der Waals surface area (Å²) in [6.45, 7) is 32.9. The largest absolute Gasteiger partial charge is 0.461 e. The molecule has 1 amide bonds. The molecule has 13 nitrogen and oxygen atoms in total. The molecule has 2 N–H and O–H groups in total. The number of nitrogens with zero attached hydrogens (tertiary/aromatic N) is 7. The maximum Gasteiger partial charge on any atom is 0.319 e. The van der Waals surface area contributed by atoms with Crippen molar-refractivity contribution in [3.8, 4) is 17.3 Å². The summed E-state index contributed by atoms with van der Waals surface area (Å²) >= 11 is 0. The Labute approximate surface area is 521 Å². The van der Waals surface area contributed by atoms with Crippen LogP contribution in [-0.4, -0.2) is 128 Å². The molecular weight excluding hydrogens is 1090 g/mol. The van der Waals surface area contributed by atoms with Crippen molar-refractivity contribution in [1.29, 1.82) is 0 Å². The smallest absolute Gasteiger partial charge is 0.319 e. The lowest BCUT2D eigenvalue weighted by molar-refractivity contribution is -0.122. The second-order valence-electron chi connectivity index (χ2n) is 25.7. The Hall–Kier alpha value is -6.28. The second kappa shape index (κ2) is 30.3. The van der Waals surface area contributed by atoms with E-state index in [1.807, 2.05) is 47.0 Å². The number of aromatic nitrogens is 3. The summed E-state index contributed by atoms with van der Waals surface area (Å²) in [5.41, 5.74) is 18.8. The number of ketones is 1. The summed E-state index contributed by atoms with van der Waals surface area (Å²) in [4.78, 5) is 47.8. The number of nitrogens with two attached hydrogens (primary N) is 1. The van der Waals surface area contributed by atoms with Crippen LogP contribution in [0.5, 0.6) is 6.01 Å². The molecule has 0 bridgehead atoms. The Balaban J connectivity index is 0.000000227. The van der Waals surface area contributed by atoms with Gasteiger partial charge in [0.25, 0.3) is 5.91 Å². The maximum atomic E-state index is 15.2. The van der Waals surface area contributed by atoms with Crippen LogP contribution >= 0.6 is 0 Å². The van der Waals surface area contributed by atoms with E-state index in [0.29, 0.717) is 66.6 Å². The van der Waals surface area contributed by atoms with Gasteiger partial charge in [0.05, 0.1) is 46.7 Å². The number of benzene rings is 3. The number of carbonyl (C=O) groups excluding carboxylic acids is 2. The number of rotatable bonds is 17. The summed E-state index contributed by atoms with van der Waals surface area (Å²) in [5, 5.41) is 2.74. The number of likely N-dealkylation sites (N-methyl/N-ethyl adjacent to an activating group) is 1. The van der Waals surface area contributed by atoms with Crippen molar-refractivity contribution in [3.63, 3.8) is 0 Å². The molecule has 4 saturated heterocycles. The van der Waals surface area contributed by atoms with Crippen LogP contribution in [0.1, 0.15) is 174 Å². The number of halogens is 1. The first-order valence-electron chi connectivity index (χ1n) is 32.3. The molecule has 14 heteroatoms. The van der Waals surface area contributed by atoms with E-state index < -0.39 is 0 Å². The number of pyridine rings is 1. The van der Waals surface area contributed by atoms with Gasteiger partial charge in [-0.25, -0.2) is 4.39 Å². The second-order valence-corrected chi connectivity index (χ2v) is 25.7. The summed E-state index contributed by atoms with van der Waals surface area (Å²) in [6, 6.07) is 15.0. The number of anilines is 2. The number of likely N-dealkylation sites (tertiary alicyclic amines) is 1. The summed E-state index contributed by atoms with van der Waals surface area (Å²) in [6.07, 6.45) is 19.6. The molecule has 0 radical (unpaired) electrons. The number of methoxy groups -OCH3 is 1. The third-order valence-corrected chi connectivity index (χ3v) is 19.8. The number of fused-ring (bicyclic) bond motifs is 4. The highest BCUT2D eigenvalue weighted by molar-refractivity contribution is 6.31. The maximum absolute atomic E-state index is 15.2. The summed E-state index contributed by atoms with van der Waals surface area (Å²) < 4.78 is 33.2. The molecule has 5 aromatic rings. The highest BCUT2D eigenvalue weighted by Gasteiger charge is 2.50. The van der Waals surface area contributed by atoms with Gasteiger partial charge in [-0.2, -0.15) is 9.97 Å². The fourth-order valence-corrected chi connectivity index (χ4v) is 14.5. The van der Waals surface area contributed by atoms with E-state index in [1.54, 1.807) is 18.1 Å². The zero-order chi connectivity index (χ0) is 61.2. The minimum absolute atomic E-state index is 0. The van der Waals surface area contributed by atoms with Crippen LogP contribution in [-0.2, 0) is 25.5 Å². The van der Waals surface area contributed by atoms with E-state index in [4.69, 9.17) is 34.9 Å². The molecule has 5 fully saturated rings. The number of allylic oxidation sites excluding steroid dienone is 2. The van der Waals surface area contributed by atoms with Crippen LogP contribution in [0.25, 0.3) is 44.1 Å². The molecule has 5 aliphatic heterocycles. The average Bonchev–Trinajstić information content (AvgIpc) is 0.912. The fourth-order valence-electron chi connectivity index (χ4n) is 14.5. The van der Waals surface area contributed by atoms with Crippen molar-refractivity contribution in [2.24, 2.45) is 23.5 Å². The van der Waals surface area contributed by atoms with Gasteiger partial charge in [-0.1, -0.05) is 97.9 Å². The Morgan fingerprint density at radius 1 is 0.966 bits per heavy atom. The normalized spacial score (nSPS) is 22.0. The number of aryl methyl sites for hydroxylation is 2. The van der Waals surface area contributed by atoms with E-state index in [9.17, 15) is 9.59 Å². The molecule has 5 atom stereocenters. The van der Waals surface area contributed by atoms with Gasteiger partial charge < -0.3 is 34.6 Å². The Bertz CT molecular complexity index is 3310. The topological polar surface area (TPSA) is 139 Å². The number of Topliss-reactive ketones (excluding diaryl/α,β-unsaturated/α-hetero) is 1. The molecular formula is C73H103FN8O5. The van der Waals surface area contributed by atoms with Crippen LogP contribution < -0.4 is 20.3 Å². The van der Waals surface area contributed by atoms with Crippen molar-refractivity contribution in [3.05, 3.63) is 113 Å². The summed E-state index contributed by atoms with van der Waals surface area (Å²) in [7, 11) is 3.65. The highest BCUT2D eigenvalue weighted by Crippen LogP contribution is 2.45. The zero-order valence-corrected chi connectivity index (χ0v) is 53.1. The lowest BCUT2D eigenvalue weighted by Gasteiger charge is -2.34. The molecule has 3 aromatic carbocycles. The van der Waals surface area contributed by atoms with Gasteiger partial charge in [-0.05, 0) is 180 Å². The molecule has 11 rings (SSSR count). The van der Waals surface area contributed by atoms with Crippen LogP contribution in [0, 0.1) is 30.5 Å². The molecule has 87 heavy (non-hydrogen) atoms. The monoisotopic (exact) mass is 1190 g/mol. The van der Waals surface area contributed by atoms with Crippen molar-refractivity contribution < 1.29 is 29.6 Å². The van der Waals surface area contributed by atoms with E-state index >= 15 is 4.39 Å². The van der Waals surface area contributed by atoms with Crippen molar-refractivity contribution in [2.45, 2.75) is 169 Å². The predicted octanol–water partition coefficient (Wildman–Crippen LogP) is 15.1. The molecule has 6 aliphatic rings. The lowest BCUT2D eigenvalue weighted by atomic mass is 9.87. The Kier molecular flexibility index (Phi) is 23.2. The third-order valence-electron chi connectivity index (χ3n) is 19.8. The fraction of sp³-hybridized carbons (Fsp3) is 0.562. The quantitative estimate of drug-likeness (QED) is 0.0538. The first kappa shape index (κ1) is 66.7. The standard InChI is InChI=1S/C38H46FN5O3.C24H34N2O.C10H17NO.CH4.H2/c1-6-29-32(39)10-9-26-19-27(24(2)3)20-30(33(26)29)34-25(4)35-31(21-40-34)36(43-14-8-17-46-18-16-43)42-37(41-35)47-23-38-12-7-15-44(38)28(11-13-38)22-45-5;1-17-5-4-6-19(8-7-17)16-26-13-11-20(12-14-26)21-9-10-22-18(2)24(27)25(3)23(22)15-21;1-4-9(11)7-6-8(3)10(12)5-2;;/h9-10,19-21,28H,2,6-8,11-18,22-23H2,1,3-5H3;9-10,15,17,19-20H,2,4-8,11-14,16H2,1,3H3;8H,1,5-7,11H2,2-3H3;1H4;1H/t28-,38+;;;;/m0..../s1. The van der Waals surface area contributed by atoms with Gasteiger partial charge in [0.15, 0.2) is 0 Å². The van der Waals surface area contributed by atoms with Gasteiger partial charge in [0.2, 0.25) is 0 Å². The zero-order valence-electron chi connectivity index (χ0n) is 53.1. The van der Waals surface area contributed by atoms with E-state index in [0.717, 1.165) is 156 Å². The van der Waals surface area contributed by atoms with Gasteiger partial charge >= 0.3 is 6.01 Å². The number of hydrogen-bond acceptors (Lipinski definition) is 12. The van der Waals surface area contributed by atoms with E-state index in [2.05, 4.69) is 84.3 Å². The number of amides is 1. The van der Waals surface area contributed by atoms with Crippen LogP contribution in [0.15, 0.2) is 79.8 Å². The molecule has 1 aliphatic carbocycles. The van der Waals surface area contributed by atoms with Gasteiger partial charge in [-0.3, -0.25) is 19.5 Å². The Morgan fingerprint density at radius 2 is 1.76 bits per heavy atom. The minimum Gasteiger partial charge on any atom is -0.461 e. The molecule has 0 spiro atoms. The first-order chi connectivity index (χ1) is 41.5. The average molecular weight is 1190 g/mol. The third kappa shape index (κ3) is 15.2. The molecule has 3 unspecified atom stereocenters. The lowest BCUT2D eigenvalue weighted by Crippen LogP contribution is -2.47. The molecule has 472 valence electrons. The number of hydrogen-bond donors (Lipinski definition) is 1. The van der Waals surface area contributed by atoms with Crippen LogP contribution in [0.2, 0.25) is 0 Å². The minimum atomic E-state index is -0.202. The number of carbonyl (C=O) groups is 2.